The first kappa shape index (κ1) is 17.0. The number of hydrogen-bond acceptors (Lipinski definition) is 5. The van der Waals surface area contributed by atoms with Crippen molar-refractivity contribution in [1.82, 2.24) is 15.2 Å². The van der Waals surface area contributed by atoms with Gasteiger partial charge in [-0.1, -0.05) is 36.4 Å². The number of hydrogen-bond donors (Lipinski definition) is 2. The minimum absolute atomic E-state index is 0.431. The van der Waals surface area contributed by atoms with Gasteiger partial charge in [-0.2, -0.15) is 5.10 Å². The second-order valence-corrected chi connectivity index (χ2v) is 5.46. The van der Waals surface area contributed by atoms with Gasteiger partial charge in [-0.3, -0.25) is 5.10 Å². The molecule has 3 aromatic rings. The van der Waals surface area contributed by atoms with Gasteiger partial charge in [-0.15, -0.1) is 0 Å². The Balaban J connectivity index is 1.86. The van der Waals surface area contributed by atoms with E-state index in [0.29, 0.717) is 36.4 Å². The molecule has 25 heavy (non-hydrogen) atoms. The van der Waals surface area contributed by atoms with Crippen molar-refractivity contribution in [2.45, 2.75) is 19.9 Å². The van der Waals surface area contributed by atoms with Gasteiger partial charge in [-0.25, -0.2) is 4.98 Å². The average molecular weight is 338 g/mol. The van der Waals surface area contributed by atoms with Gasteiger partial charge in [0.15, 0.2) is 17.3 Å². The van der Waals surface area contributed by atoms with Crippen molar-refractivity contribution in [3.63, 3.8) is 0 Å². The summed E-state index contributed by atoms with van der Waals surface area (Å²) in [5.41, 5.74) is 8.19. The molecule has 1 atom stereocenters. The molecule has 0 amide bonds. The van der Waals surface area contributed by atoms with Crippen LogP contribution < -0.4 is 15.2 Å². The molecule has 6 nitrogen and oxygen atoms in total. The van der Waals surface area contributed by atoms with Gasteiger partial charge in [-0.05, 0) is 31.5 Å². The van der Waals surface area contributed by atoms with E-state index in [4.69, 9.17) is 15.2 Å². The fourth-order valence-electron chi connectivity index (χ4n) is 2.55. The van der Waals surface area contributed by atoms with E-state index in [9.17, 15) is 0 Å². The van der Waals surface area contributed by atoms with Crippen LogP contribution in [0.2, 0.25) is 0 Å². The van der Waals surface area contributed by atoms with Crippen molar-refractivity contribution in [2.24, 2.45) is 5.73 Å². The van der Waals surface area contributed by atoms with E-state index in [1.165, 1.54) is 0 Å². The first-order valence-electron chi connectivity index (χ1n) is 8.35. The van der Waals surface area contributed by atoms with Gasteiger partial charge >= 0.3 is 0 Å². The molecule has 6 heteroatoms. The van der Waals surface area contributed by atoms with Crippen LogP contribution in [0.5, 0.6) is 11.5 Å². The van der Waals surface area contributed by atoms with E-state index in [2.05, 4.69) is 15.2 Å². The van der Waals surface area contributed by atoms with Gasteiger partial charge in [0.1, 0.15) is 5.82 Å². The van der Waals surface area contributed by atoms with E-state index in [1.54, 1.807) is 0 Å². The Morgan fingerprint density at radius 2 is 1.72 bits per heavy atom. The quantitative estimate of drug-likeness (QED) is 0.690. The van der Waals surface area contributed by atoms with Crippen LogP contribution in [0, 0.1) is 0 Å². The van der Waals surface area contributed by atoms with Gasteiger partial charge < -0.3 is 15.2 Å². The predicted molar refractivity (Wildman–Crippen MR) is 96.6 cm³/mol. The lowest BCUT2D eigenvalue weighted by Gasteiger charge is -2.14. The van der Waals surface area contributed by atoms with Crippen molar-refractivity contribution in [2.75, 3.05) is 13.2 Å². The van der Waals surface area contributed by atoms with Crippen molar-refractivity contribution in [1.29, 1.82) is 0 Å². The summed E-state index contributed by atoms with van der Waals surface area (Å²) in [6, 6.07) is 15.0. The van der Waals surface area contributed by atoms with Crippen LogP contribution in [0.3, 0.4) is 0 Å². The number of rotatable bonds is 7. The summed E-state index contributed by atoms with van der Waals surface area (Å²) in [7, 11) is 0. The van der Waals surface area contributed by atoms with Crippen LogP contribution in [-0.2, 0) is 0 Å². The largest absolute Gasteiger partial charge is 0.490 e. The average Bonchev–Trinajstić information content (AvgIpc) is 3.14. The highest BCUT2D eigenvalue weighted by atomic mass is 16.5. The highest BCUT2D eigenvalue weighted by molar-refractivity contribution is 5.54. The third-order valence-electron chi connectivity index (χ3n) is 3.76. The number of ether oxygens (including phenoxy) is 2. The third kappa shape index (κ3) is 3.80. The zero-order valence-electron chi connectivity index (χ0n) is 14.4. The second-order valence-electron chi connectivity index (χ2n) is 5.46. The minimum atomic E-state index is -0.431. The topological polar surface area (TPSA) is 86.0 Å². The number of nitrogens with zero attached hydrogens (tertiary/aromatic N) is 2. The summed E-state index contributed by atoms with van der Waals surface area (Å²) in [5.74, 6) is 2.62. The molecule has 1 heterocycles. The highest BCUT2D eigenvalue weighted by Crippen LogP contribution is 2.31. The van der Waals surface area contributed by atoms with E-state index in [1.807, 2.05) is 62.4 Å². The Kier molecular flexibility index (Phi) is 5.30. The van der Waals surface area contributed by atoms with Gasteiger partial charge in [0.05, 0.1) is 19.3 Å². The monoisotopic (exact) mass is 338 g/mol. The highest BCUT2D eigenvalue weighted by Gasteiger charge is 2.17. The second kappa shape index (κ2) is 7.81. The van der Waals surface area contributed by atoms with Crippen molar-refractivity contribution >= 4 is 0 Å². The lowest BCUT2D eigenvalue weighted by molar-refractivity contribution is 0.287. The van der Waals surface area contributed by atoms with Crippen LogP contribution in [0.15, 0.2) is 48.5 Å². The van der Waals surface area contributed by atoms with Crippen LogP contribution in [-0.4, -0.2) is 28.4 Å². The molecule has 0 saturated heterocycles. The van der Waals surface area contributed by atoms with Gasteiger partial charge in [0.2, 0.25) is 0 Å². The zero-order chi connectivity index (χ0) is 17.6. The number of nitrogens with two attached hydrogens (primary N) is 1. The van der Waals surface area contributed by atoms with E-state index < -0.39 is 6.04 Å². The molecule has 0 bridgehead atoms. The van der Waals surface area contributed by atoms with Gasteiger partial charge in [0, 0.05) is 5.56 Å². The molecule has 3 N–H and O–H groups in total. The third-order valence-corrected chi connectivity index (χ3v) is 3.76. The fraction of sp³-hybridized carbons (Fsp3) is 0.263. The standard InChI is InChI=1S/C19H22N4O2/c1-3-24-15-11-10-14(12-16(15)25-4-2)17(20)19-21-18(22-23-19)13-8-6-5-7-9-13/h5-12,17H,3-4,20H2,1-2H3,(H,21,22,23). The molecule has 0 aliphatic rings. The number of benzene rings is 2. The van der Waals surface area contributed by atoms with Crippen LogP contribution in [0.1, 0.15) is 31.3 Å². The summed E-state index contributed by atoms with van der Waals surface area (Å²) in [6.07, 6.45) is 0. The molecule has 0 radical (unpaired) electrons. The molecule has 0 spiro atoms. The van der Waals surface area contributed by atoms with E-state index in [-0.39, 0.29) is 0 Å². The molecule has 2 aromatic carbocycles. The predicted octanol–water partition coefficient (Wildman–Crippen LogP) is 3.32. The van der Waals surface area contributed by atoms with Crippen molar-refractivity contribution < 1.29 is 9.47 Å². The first-order chi connectivity index (χ1) is 12.2. The lowest BCUT2D eigenvalue weighted by atomic mass is 10.1. The Morgan fingerprint density at radius 1 is 1.00 bits per heavy atom. The fourth-order valence-corrected chi connectivity index (χ4v) is 2.55. The molecule has 0 fully saturated rings. The Labute approximate surface area is 147 Å². The number of aromatic nitrogens is 3. The maximum Gasteiger partial charge on any atom is 0.181 e. The minimum Gasteiger partial charge on any atom is -0.490 e. The molecule has 0 aliphatic carbocycles. The molecular weight excluding hydrogens is 316 g/mol. The summed E-state index contributed by atoms with van der Waals surface area (Å²) in [4.78, 5) is 4.53. The number of H-pyrrole nitrogens is 1. The summed E-state index contributed by atoms with van der Waals surface area (Å²) >= 11 is 0. The van der Waals surface area contributed by atoms with Crippen LogP contribution >= 0.6 is 0 Å². The number of aromatic amines is 1. The van der Waals surface area contributed by atoms with Crippen molar-refractivity contribution in [3.05, 3.63) is 59.9 Å². The molecular formula is C19H22N4O2. The first-order valence-corrected chi connectivity index (χ1v) is 8.35. The van der Waals surface area contributed by atoms with E-state index in [0.717, 1.165) is 11.1 Å². The zero-order valence-corrected chi connectivity index (χ0v) is 14.4. The molecule has 3 rings (SSSR count). The summed E-state index contributed by atoms with van der Waals surface area (Å²) in [6.45, 7) is 5.01. The van der Waals surface area contributed by atoms with E-state index >= 15 is 0 Å². The normalized spacial score (nSPS) is 12.0. The molecule has 0 saturated carbocycles. The Hall–Kier alpha value is -2.86. The maximum atomic E-state index is 6.37. The van der Waals surface area contributed by atoms with Gasteiger partial charge in [0.25, 0.3) is 0 Å². The Bertz CT molecular complexity index is 817. The molecule has 1 aromatic heterocycles. The maximum absolute atomic E-state index is 6.37. The SMILES string of the molecule is CCOc1ccc(C(N)c2nc(-c3ccccc3)n[nH]2)cc1OCC. The van der Waals surface area contributed by atoms with Crippen LogP contribution in [0.4, 0.5) is 0 Å². The van der Waals surface area contributed by atoms with Crippen molar-refractivity contribution in [3.8, 4) is 22.9 Å². The molecule has 130 valence electrons. The van der Waals surface area contributed by atoms with Crippen LogP contribution in [0.25, 0.3) is 11.4 Å². The summed E-state index contributed by atoms with van der Waals surface area (Å²) in [5, 5.41) is 7.20. The smallest absolute Gasteiger partial charge is 0.181 e. The molecule has 1 unspecified atom stereocenters. The lowest BCUT2D eigenvalue weighted by Crippen LogP contribution is -2.14. The summed E-state index contributed by atoms with van der Waals surface area (Å²) < 4.78 is 11.3. The Morgan fingerprint density at radius 3 is 2.44 bits per heavy atom. The number of nitrogens with one attached hydrogen (secondary N) is 1. The molecule has 0 aliphatic heterocycles.